The Kier molecular flexibility index (Phi) is 6.97. The zero-order valence-electron chi connectivity index (χ0n) is 20.0. The summed E-state index contributed by atoms with van der Waals surface area (Å²) in [5.74, 6) is 1.13. The zero-order chi connectivity index (χ0) is 25.2. The summed E-state index contributed by atoms with van der Waals surface area (Å²) in [7, 11) is 3.04. The number of carbonyl (C=O) groups is 1. The SMILES string of the molecule is COc1cc2[nH]ncc2cc1Nc1ncnc2sc3c(c12)CCC(NCCC(=O)N(C)CC(F)F)C3. The summed E-state index contributed by atoms with van der Waals surface area (Å²) in [4.78, 5) is 24.4. The standard InChI is InChI=1S/C24H27F2N7O2S/c1-33(11-20(25)26)21(34)5-6-27-14-3-4-15-19(8-14)36-24-22(15)23(28-12-29-24)31-17-7-13-10-30-32-16(13)9-18(17)35-2/h7,9-10,12,14,20,27H,3-6,8,11H2,1-2H3,(H,30,32)(H,28,29,31). The number of nitrogens with one attached hydrogen (secondary N) is 3. The summed E-state index contributed by atoms with van der Waals surface area (Å²) in [5.41, 5.74) is 2.93. The van der Waals surface area contributed by atoms with Crippen LogP contribution in [0.4, 0.5) is 20.3 Å². The monoisotopic (exact) mass is 515 g/mol. The van der Waals surface area contributed by atoms with Gasteiger partial charge in [0.05, 0.1) is 36.4 Å². The minimum Gasteiger partial charge on any atom is -0.494 e. The van der Waals surface area contributed by atoms with Gasteiger partial charge in [-0.25, -0.2) is 18.7 Å². The quantitative estimate of drug-likeness (QED) is 0.311. The molecule has 1 aliphatic carbocycles. The fourth-order valence-electron chi connectivity index (χ4n) is 4.63. The van der Waals surface area contributed by atoms with Crippen LogP contribution in [0, 0.1) is 0 Å². The third-order valence-electron chi connectivity index (χ3n) is 6.47. The second kappa shape index (κ2) is 10.3. The molecule has 4 aromatic rings. The van der Waals surface area contributed by atoms with Gasteiger partial charge in [-0.2, -0.15) is 5.10 Å². The number of H-pyrrole nitrogens is 1. The van der Waals surface area contributed by atoms with E-state index < -0.39 is 13.0 Å². The van der Waals surface area contributed by atoms with Crippen molar-refractivity contribution in [2.75, 3.05) is 32.6 Å². The molecule has 1 amide bonds. The average Bonchev–Trinajstić information content (AvgIpc) is 3.46. The van der Waals surface area contributed by atoms with Crippen molar-refractivity contribution < 1.29 is 18.3 Å². The second-order valence-corrected chi connectivity index (χ2v) is 9.93. The van der Waals surface area contributed by atoms with Gasteiger partial charge < -0.3 is 20.3 Å². The number of rotatable bonds is 9. The Hall–Kier alpha value is -3.38. The predicted octanol–water partition coefficient (Wildman–Crippen LogP) is 3.88. The number of benzene rings is 1. The van der Waals surface area contributed by atoms with Crippen LogP contribution in [-0.4, -0.2) is 70.7 Å². The van der Waals surface area contributed by atoms with Crippen LogP contribution < -0.4 is 15.4 Å². The van der Waals surface area contributed by atoms with Gasteiger partial charge in [-0.05, 0) is 30.9 Å². The number of aromatic amines is 1. The van der Waals surface area contributed by atoms with E-state index >= 15 is 0 Å². The van der Waals surface area contributed by atoms with E-state index in [2.05, 4.69) is 30.8 Å². The molecule has 1 unspecified atom stereocenters. The van der Waals surface area contributed by atoms with Crippen LogP contribution in [-0.2, 0) is 17.6 Å². The Labute approximate surface area is 210 Å². The van der Waals surface area contributed by atoms with Gasteiger partial charge in [-0.15, -0.1) is 11.3 Å². The fourth-order valence-corrected chi connectivity index (χ4v) is 5.89. The Balaban J connectivity index is 1.30. The molecule has 0 radical (unpaired) electrons. The van der Waals surface area contributed by atoms with Crippen LogP contribution in [0.15, 0.2) is 24.7 Å². The normalized spacial score (nSPS) is 15.4. The number of nitrogens with zero attached hydrogens (tertiary/aromatic N) is 4. The van der Waals surface area contributed by atoms with Gasteiger partial charge in [0, 0.05) is 42.4 Å². The fraction of sp³-hybridized carbons (Fsp3) is 0.417. The number of methoxy groups -OCH3 is 1. The summed E-state index contributed by atoms with van der Waals surface area (Å²) in [5, 5.41) is 15.9. The molecular weight excluding hydrogens is 488 g/mol. The molecule has 3 N–H and O–H groups in total. The Bertz CT molecular complexity index is 1390. The number of amides is 1. The summed E-state index contributed by atoms with van der Waals surface area (Å²) in [6.45, 7) is -0.0766. The first kappa shape index (κ1) is 24.3. The predicted molar refractivity (Wildman–Crippen MR) is 135 cm³/mol. The number of thiophene rings is 1. The number of anilines is 2. The molecule has 1 aliphatic rings. The van der Waals surface area contributed by atoms with Gasteiger partial charge in [0.25, 0.3) is 6.43 Å². The summed E-state index contributed by atoms with van der Waals surface area (Å²) in [6.07, 6.45) is 3.58. The lowest BCUT2D eigenvalue weighted by atomic mass is 9.92. The number of aryl methyl sites for hydroxylation is 1. The molecule has 5 rings (SSSR count). The van der Waals surface area contributed by atoms with Crippen LogP contribution in [0.3, 0.4) is 0 Å². The van der Waals surface area contributed by atoms with Crippen LogP contribution in [0.1, 0.15) is 23.3 Å². The topological polar surface area (TPSA) is 108 Å². The third-order valence-corrected chi connectivity index (χ3v) is 7.63. The molecule has 3 aromatic heterocycles. The molecule has 1 atom stereocenters. The van der Waals surface area contributed by atoms with Gasteiger partial charge in [-0.3, -0.25) is 9.89 Å². The number of ether oxygens (including phenoxy) is 1. The first-order valence-electron chi connectivity index (χ1n) is 11.7. The van der Waals surface area contributed by atoms with E-state index in [4.69, 9.17) is 4.74 Å². The van der Waals surface area contributed by atoms with Crippen molar-refractivity contribution in [2.24, 2.45) is 0 Å². The Morgan fingerprint density at radius 2 is 2.22 bits per heavy atom. The van der Waals surface area contributed by atoms with Crippen molar-refractivity contribution >= 4 is 49.9 Å². The van der Waals surface area contributed by atoms with Crippen molar-refractivity contribution in [2.45, 2.75) is 38.2 Å². The number of fused-ring (bicyclic) bond motifs is 4. The second-order valence-electron chi connectivity index (χ2n) is 8.85. The number of hydrogen-bond donors (Lipinski definition) is 3. The van der Waals surface area contributed by atoms with Crippen molar-refractivity contribution in [1.82, 2.24) is 30.4 Å². The van der Waals surface area contributed by atoms with Gasteiger partial charge >= 0.3 is 0 Å². The molecule has 0 saturated carbocycles. The van der Waals surface area contributed by atoms with E-state index in [0.29, 0.717) is 12.3 Å². The minimum atomic E-state index is -2.52. The molecule has 0 fully saturated rings. The largest absolute Gasteiger partial charge is 0.494 e. The van der Waals surface area contributed by atoms with E-state index in [9.17, 15) is 13.6 Å². The first-order valence-corrected chi connectivity index (χ1v) is 12.5. The van der Waals surface area contributed by atoms with Gasteiger partial charge in [-0.1, -0.05) is 0 Å². The molecular formula is C24H27F2N7O2S. The smallest absolute Gasteiger partial charge is 0.255 e. The molecule has 190 valence electrons. The van der Waals surface area contributed by atoms with Crippen LogP contribution in [0.25, 0.3) is 21.1 Å². The minimum absolute atomic E-state index is 0.196. The average molecular weight is 516 g/mol. The molecule has 12 heteroatoms. The first-order chi connectivity index (χ1) is 17.4. The van der Waals surface area contributed by atoms with E-state index in [1.54, 1.807) is 31.0 Å². The summed E-state index contributed by atoms with van der Waals surface area (Å²) in [6, 6.07) is 4.09. The highest BCUT2D eigenvalue weighted by Gasteiger charge is 2.25. The van der Waals surface area contributed by atoms with Gasteiger partial charge in [0.1, 0.15) is 22.7 Å². The van der Waals surface area contributed by atoms with Crippen molar-refractivity contribution in [3.8, 4) is 5.75 Å². The maximum Gasteiger partial charge on any atom is 0.255 e. The molecule has 0 aliphatic heterocycles. The van der Waals surface area contributed by atoms with Crippen molar-refractivity contribution in [3.63, 3.8) is 0 Å². The lowest BCUT2D eigenvalue weighted by Gasteiger charge is -2.24. The highest BCUT2D eigenvalue weighted by molar-refractivity contribution is 7.19. The lowest BCUT2D eigenvalue weighted by Crippen LogP contribution is -2.38. The maximum atomic E-state index is 12.5. The lowest BCUT2D eigenvalue weighted by molar-refractivity contribution is -0.131. The van der Waals surface area contributed by atoms with E-state index in [1.165, 1.54) is 17.5 Å². The highest BCUT2D eigenvalue weighted by atomic mass is 32.1. The highest BCUT2D eigenvalue weighted by Crippen LogP contribution is 2.40. The van der Waals surface area contributed by atoms with Crippen LogP contribution in [0.2, 0.25) is 0 Å². The number of halogens is 2. The van der Waals surface area contributed by atoms with Crippen molar-refractivity contribution in [1.29, 1.82) is 0 Å². The number of hydrogen-bond acceptors (Lipinski definition) is 8. The molecule has 1 aromatic carbocycles. The van der Waals surface area contributed by atoms with Crippen LogP contribution >= 0.6 is 11.3 Å². The molecule has 0 saturated heterocycles. The van der Waals surface area contributed by atoms with E-state index in [0.717, 1.165) is 56.8 Å². The maximum absolute atomic E-state index is 12.5. The summed E-state index contributed by atoms with van der Waals surface area (Å²) >= 11 is 1.66. The van der Waals surface area contributed by atoms with E-state index in [-0.39, 0.29) is 18.4 Å². The Morgan fingerprint density at radius 1 is 1.36 bits per heavy atom. The molecule has 0 spiro atoms. The molecule has 9 nitrogen and oxygen atoms in total. The van der Waals surface area contributed by atoms with Gasteiger partial charge in [0.15, 0.2) is 0 Å². The third kappa shape index (κ3) is 4.96. The number of aromatic nitrogens is 4. The molecule has 3 heterocycles. The zero-order valence-corrected chi connectivity index (χ0v) is 20.8. The summed E-state index contributed by atoms with van der Waals surface area (Å²) < 4.78 is 30.6. The number of alkyl halides is 2. The number of carbonyl (C=O) groups excluding carboxylic acids is 1. The van der Waals surface area contributed by atoms with Crippen LogP contribution in [0.5, 0.6) is 5.75 Å². The molecule has 0 bridgehead atoms. The Morgan fingerprint density at radius 3 is 3.03 bits per heavy atom. The van der Waals surface area contributed by atoms with Crippen molar-refractivity contribution in [3.05, 3.63) is 35.1 Å². The van der Waals surface area contributed by atoms with Gasteiger partial charge in [0.2, 0.25) is 5.91 Å². The molecule has 36 heavy (non-hydrogen) atoms. The van der Waals surface area contributed by atoms with E-state index in [1.807, 2.05) is 12.1 Å².